The van der Waals surface area contributed by atoms with Crippen LogP contribution in [0.1, 0.15) is 35.2 Å². The predicted octanol–water partition coefficient (Wildman–Crippen LogP) is 1.76. The fraction of sp³-hybridized carbons (Fsp3) is 0.500. The Kier molecular flexibility index (Phi) is 4.34. The number of nitro groups is 1. The van der Waals surface area contributed by atoms with Gasteiger partial charge in [-0.05, 0) is 44.4 Å². The first-order chi connectivity index (χ1) is 9.52. The van der Waals surface area contributed by atoms with E-state index in [1.165, 1.54) is 12.1 Å². The van der Waals surface area contributed by atoms with Gasteiger partial charge in [0.1, 0.15) is 0 Å². The lowest BCUT2D eigenvalue weighted by molar-refractivity contribution is -0.385. The summed E-state index contributed by atoms with van der Waals surface area (Å²) in [5.41, 5.74) is 6.66. The van der Waals surface area contributed by atoms with Crippen LogP contribution in [0.4, 0.5) is 5.69 Å². The van der Waals surface area contributed by atoms with Crippen molar-refractivity contribution in [3.63, 3.8) is 0 Å². The maximum atomic E-state index is 12.2. The quantitative estimate of drug-likeness (QED) is 0.647. The van der Waals surface area contributed by atoms with Crippen LogP contribution in [0, 0.1) is 23.0 Å². The molecule has 0 spiro atoms. The Morgan fingerprint density at radius 1 is 1.50 bits per heavy atom. The van der Waals surface area contributed by atoms with Crippen LogP contribution >= 0.6 is 0 Å². The average Bonchev–Trinajstić information content (AvgIpc) is 2.85. The Bertz CT molecular complexity index is 530. The molecule has 0 saturated heterocycles. The largest absolute Gasteiger partial charge is 0.349 e. The summed E-state index contributed by atoms with van der Waals surface area (Å²) in [5.74, 6) is 0.145. The van der Waals surface area contributed by atoms with E-state index in [1.54, 1.807) is 13.0 Å². The minimum atomic E-state index is -0.446. The summed E-state index contributed by atoms with van der Waals surface area (Å²) in [6.07, 6.45) is 3.06. The molecule has 1 aromatic rings. The Balaban J connectivity index is 2.10. The molecule has 6 nitrogen and oxygen atoms in total. The zero-order valence-corrected chi connectivity index (χ0v) is 11.5. The van der Waals surface area contributed by atoms with Crippen molar-refractivity contribution < 1.29 is 9.72 Å². The molecule has 2 rings (SSSR count). The van der Waals surface area contributed by atoms with Gasteiger partial charge in [-0.25, -0.2) is 0 Å². The molecule has 1 saturated carbocycles. The standard InChI is InChI=1S/C14H19N3O3/c1-9-7-10(5-6-13(9)17(19)20)14(18)16-12-4-2-3-11(12)8-15/h5-7,11-12H,2-4,8,15H2,1H3,(H,16,18). The van der Waals surface area contributed by atoms with Crippen LogP contribution in [-0.2, 0) is 0 Å². The van der Waals surface area contributed by atoms with Crippen LogP contribution in [0.2, 0.25) is 0 Å². The van der Waals surface area contributed by atoms with Gasteiger partial charge in [0.2, 0.25) is 0 Å². The van der Waals surface area contributed by atoms with Gasteiger partial charge < -0.3 is 11.1 Å². The summed E-state index contributed by atoms with van der Waals surface area (Å²) >= 11 is 0. The maximum Gasteiger partial charge on any atom is 0.272 e. The van der Waals surface area contributed by atoms with E-state index in [0.717, 1.165) is 19.3 Å². The summed E-state index contributed by atoms with van der Waals surface area (Å²) in [5, 5.41) is 13.7. The number of rotatable bonds is 4. The third kappa shape index (κ3) is 2.96. The fourth-order valence-corrected chi connectivity index (χ4v) is 2.76. The zero-order chi connectivity index (χ0) is 14.7. The number of carbonyl (C=O) groups excluding carboxylic acids is 1. The van der Waals surface area contributed by atoms with E-state index in [9.17, 15) is 14.9 Å². The van der Waals surface area contributed by atoms with Crippen molar-refractivity contribution in [3.05, 3.63) is 39.4 Å². The number of hydrogen-bond donors (Lipinski definition) is 2. The van der Waals surface area contributed by atoms with E-state index in [2.05, 4.69) is 5.32 Å². The molecule has 2 atom stereocenters. The first-order valence-electron chi connectivity index (χ1n) is 6.79. The summed E-state index contributed by atoms with van der Waals surface area (Å²) in [6, 6.07) is 4.54. The highest BCUT2D eigenvalue weighted by Crippen LogP contribution is 2.25. The van der Waals surface area contributed by atoms with Crippen molar-refractivity contribution in [2.75, 3.05) is 6.54 Å². The number of nitrogens with one attached hydrogen (secondary N) is 1. The van der Waals surface area contributed by atoms with Gasteiger partial charge in [0.15, 0.2) is 0 Å². The number of hydrogen-bond acceptors (Lipinski definition) is 4. The highest BCUT2D eigenvalue weighted by Gasteiger charge is 2.27. The van der Waals surface area contributed by atoms with Crippen molar-refractivity contribution >= 4 is 11.6 Å². The number of nitrogens with zero attached hydrogens (tertiary/aromatic N) is 1. The number of carbonyl (C=O) groups is 1. The molecule has 108 valence electrons. The predicted molar refractivity (Wildman–Crippen MR) is 75.5 cm³/mol. The van der Waals surface area contributed by atoms with Crippen LogP contribution < -0.4 is 11.1 Å². The van der Waals surface area contributed by atoms with Gasteiger partial charge in [-0.1, -0.05) is 6.42 Å². The van der Waals surface area contributed by atoms with Gasteiger partial charge in [-0.3, -0.25) is 14.9 Å². The van der Waals surface area contributed by atoms with Crippen molar-refractivity contribution in [3.8, 4) is 0 Å². The summed E-state index contributed by atoms with van der Waals surface area (Å²) in [4.78, 5) is 22.5. The van der Waals surface area contributed by atoms with Gasteiger partial charge in [-0.2, -0.15) is 0 Å². The third-order valence-electron chi connectivity index (χ3n) is 3.93. The zero-order valence-electron chi connectivity index (χ0n) is 11.5. The van der Waals surface area contributed by atoms with Crippen LogP contribution in [0.3, 0.4) is 0 Å². The minimum Gasteiger partial charge on any atom is -0.349 e. The van der Waals surface area contributed by atoms with Crippen molar-refractivity contribution in [2.24, 2.45) is 11.7 Å². The second-order valence-electron chi connectivity index (χ2n) is 5.27. The minimum absolute atomic E-state index is 0.0299. The number of nitrogens with two attached hydrogens (primary N) is 1. The molecule has 2 unspecified atom stereocenters. The second kappa shape index (κ2) is 6.00. The Morgan fingerprint density at radius 2 is 2.25 bits per heavy atom. The smallest absolute Gasteiger partial charge is 0.272 e. The van der Waals surface area contributed by atoms with Crippen molar-refractivity contribution in [1.82, 2.24) is 5.32 Å². The van der Waals surface area contributed by atoms with Crippen LogP contribution in [0.5, 0.6) is 0 Å². The van der Waals surface area contributed by atoms with E-state index < -0.39 is 4.92 Å². The molecule has 1 amide bonds. The summed E-state index contributed by atoms with van der Waals surface area (Å²) < 4.78 is 0. The Morgan fingerprint density at radius 3 is 2.85 bits per heavy atom. The number of nitro benzene ring substituents is 1. The van der Waals surface area contributed by atoms with Crippen LogP contribution in [0.25, 0.3) is 0 Å². The van der Waals surface area contributed by atoms with Crippen molar-refractivity contribution in [1.29, 1.82) is 0 Å². The highest BCUT2D eigenvalue weighted by atomic mass is 16.6. The van der Waals surface area contributed by atoms with Gasteiger partial charge in [0.25, 0.3) is 11.6 Å². The molecule has 1 fully saturated rings. The molecule has 0 heterocycles. The Labute approximate surface area is 117 Å². The number of amides is 1. The molecular weight excluding hydrogens is 258 g/mol. The lowest BCUT2D eigenvalue weighted by Crippen LogP contribution is -2.39. The van der Waals surface area contributed by atoms with Gasteiger partial charge in [0.05, 0.1) is 4.92 Å². The SMILES string of the molecule is Cc1cc(C(=O)NC2CCCC2CN)ccc1[N+](=O)[O-]. The van der Waals surface area contributed by atoms with Crippen molar-refractivity contribution in [2.45, 2.75) is 32.2 Å². The van der Waals surface area contributed by atoms with E-state index >= 15 is 0 Å². The van der Waals surface area contributed by atoms with Crippen LogP contribution in [-0.4, -0.2) is 23.4 Å². The van der Waals surface area contributed by atoms with Gasteiger partial charge >= 0.3 is 0 Å². The van der Waals surface area contributed by atoms with E-state index in [4.69, 9.17) is 5.73 Å². The molecule has 20 heavy (non-hydrogen) atoms. The fourth-order valence-electron chi connectivity index (χ4n) is 2.76. The van der Waals surface area contributed by atoms with Crippen LogP contribution in [0.15, 0.2) is 18.2 Å². The first kappa shape index (κ1) is 14.5. The Hall–Kier alpha value is -1.95. The maximum absolute atomic E-state index is 12.2. The summed E-state index contributed by atoms with van der Waals surface area (Å²) in [6.45, 7) is 2.21. The van der Waals surface area contributed by atoms with Gasteiger partial charge in [-0.15, -0.1) is 0 Å². The molecule has 0 aliphatic heterocycles. The third-order valence-corrected chi connectivity index (χ3v) is 3.93. The molecule has 0 bridgehead atoms. The lowest BCUT2D eigenvalue weighted by atomic mass is 10.0. The molecule has 3 N–H and O–H groups in total. The number of aryl methyl sites for hydroxylation is 1. The highest BCUT2D eigenvalue weighted by molar-refractivity contribution is 5.95. The molecule has 1 aromatic carbocycles. The monoisotopic (exact) mass is 277 g/mol. The molecule has 0 radical (unpaired) electrons. The topological polar surface area (TPSA) is 98.3 Å². The first-order valence-corrected chi connectivity index (χ1v) is 6.79. The van der Waals surface area contributed by atoms with E-state index in [1.807, 2.05) is 0 Å². The van der Waals surface area contributed by atoms with E-state index in [-0.39, 0.29) is 17.6 Å². The molecular formula is C14H19N3O3. The average molecular weight is 277 g/mol. The molecule has 0 aromatic heterocycles. The molecule has 1 aliphatic rings. The van der Waals surface area contributed by atoms with Gasteiger partial charge in [0, 0.05) is 23.2 Å². The molecule has 6 heteroatoms. The second-order valence-corrected chi connectivity index (χ2v) is 5.27. The summed E-state index contributed by atoms with van der Waals surface area (Å²) in [7, 11) is 0. The number of benzene rings is 1. The lowest BCUT2D eigenvalue weighted by Gasteiger charge is -2.19. The normalized spacial score (nSPS) is 21.7. The van der Waals surface area contributed by atoms with E-state index in [0.29, 0.717) is 23.6 Å². The molecule has 1 aliphatic carbocycles.